The molecule has 0 aromatic heterocycles. The molecule has 2 rings (SSSR count). The van der Waals surface area contributed by atoms with Crippen LogP contribution in [-0.4, -0.2) is 35.9 Å². The van der Waals surface area contributed by atoms with Gasteiger partial charge >= 0.3 is 0 Å². The monoisotopic (exact) mass is 287 g/mol. The standard InChI is InChI=1S/C17H21NO3/c1-11(2)21-10-6-9-18-12(3)15-16(19)13-7-4-5-8-14(13)17(15)20/h4-5,7-8,11,19H,6,9-10H2,1-3H3. The number of Topliss-reactive ketones (excluding diaryl/α,β-unsaturated/α-hetero) is 1. The topological polar surface area (TPSA) is 58.9 Å². The van der Waals surface area contributed by atoms with Crippen molar-refractivity contribution in [2.75, 3.05) is 13.2 Å². The van der Waals surface area contributed by atoms with E-state index in [-0.39, 0.29) is 17.6 Å². The fourth-order valence-electron chi connectivity index (χ4n) is 2.31. The highest BCUT2D eigenvalue weighted by atomic mass is 16.5. The summed E-state index contributed by atoms with van der Waals surface area (Å²) in [6.45, 7) is 6.98. The number of fused-ring (bicyclic) bond motifs is 1. The number of carbonyl (C=O) groups excluding carboxylic acids is 1. The summed E-state index contributed by atoms with van der Waals surface area (Å²) in [4.78, 5) is 16.7. The maximum absolute atomic E-state index is 12.3. The fraction of sp³-hybridized carbons (Fsp3) is 0.412. The van der Waals surface area contributed by atoms with Crippen molar-refractivity contribution >= 4 is 17.3 Å². The molecule has 4 nitrogen and oxygen atoms in total. The molecular formula is C17H21NO3. The molecule has 1 aliphatic rings. The minimum atomic E-state index is -0.150. The van der Waals surface area contributed by atoms with E-state index in [9.17, 15) is 9.90 Å². The first-order chi connectivity index (χ1) is 10.0. The van der Waals surface area contributed by atoms with E-state index < -0.39 is 0 Å². The Morgan fingerprint density at radius 3 is 2.57 bits per heavy atom. The van der Waals surface area contributed by atoms with Gasteiger partial charge in [-0.15, -0.1) is 0 Å². The lowest BCUT2D eigenvalue weighted by atomic mass is 10.1. The molecular weight excluding hydrogens is 266 g/mol. The molecule has 0 unspecified atom stereocenters. The third kappa shape index (κ3) is 3.39. The quantitative estimate of drug-likeness (QED) is 0.644. The van der Waals surface area contributed by atoms with E-state index in [4.69, 9.17) is 4.74 Å². The number of ketones is 1. The first kappa shape index (κ1) is 15.4. The lowest BCUT2D eigenvalue weighted by molar-refractivity contribution is 0.0783. The summed E-state index contributed by atoms with van der Waals surface area (Å²) in [6.07, 6.45) is 1.01. The molecule has 0 aliphatic heterocycles. The lowest BCUT2D eigenvalue weighted by Crippen LogP contribution is -2.09. The van der Waals surface area contributed by atoms with Crippen molar-refractivity contribution in [1.29, 1.82) is 0 Å². The van der Waals surface area contributed by atoms with E-state index >= 15 is 0 Å². The van der Waals surface area contributed by atoms with E-state index in [1.54, 1.807) is 31.2 Å². The van der Waals surface area contributed by atoms with Crippen LogP contribution in [0.4, 0.5) is 0 Å². The van der Waals surface area contributed by atoms with Gasteiger partial charge in [-0.05, 0) is 27.2 Å². The molecule has 0 saturated carbocycles. The first-order valence-corrected chi connectivity index (χ1v) is 7.22. The third-order valence-electron chi connectivity index (χ3n) is 3.36. The van der Waals surface area contributed by atoms with E-state index in [1.807, 2.05) is 13.8 Å². The number of allylic oxidation sites excluding steroid dienone is 1. The van der Waals surface area contributed by atoms with Crippen molar-refractivity contribution in [3.63, 3.8) is 0 Å². The number of rotatable bonds is 6. The van der Waals surface area contributed by atoms with Crippen molar-refractivity contribution in [2.45, 2.75) is 33.3 Å². The summed E-state index contributed by atoms with van der Waals surface area (Å²) in [7, 11) is 0. The minimum absolute atomic E-state index is 0.0373. The number of carbonyl (C=O) groups is 1. The number of benzene rings is 1. The van der Waals surface area contributed by atoms with Crippen LogP contribution in [0.5, 0.6) is 0 Å². The summed E-state index contributed by atoms with van der Waals surface area (Å²) < 4.78 is 5.44. The number of nitrogens with zero attached hydrogens (tertiary/aromatic N) is 1. The number of ether oxygens (including phenoxy) is 1. The molecule has 1 aromatic carbocycles. The van der Waals surface area contributed by atoms with Gasteiger partial charge in [0, 0.05) is 30.0 Å². The Labute approximate surface area is 125 Å². The van der Waals surface area contributed by atoms with Gasteiger partial charge in [-0.3, -0.25) is 9.79 Å². The van der Waals surface area contributed by atoms with Crippen LogP contribution < -0.4 is 0 Å². The van der Waals surface area contributed by atoms with E-state index in [2.05, 4.69) is 4.99 Å². The first-order valence-electron chi connectivity index (χ1n) is 7.22. The predicted octanol–water partition coefficient (Wildman–Crippen LogP) is 3.43. The molecule has 21 heavy (non-hydrogen) atoms. The smallest absolute Gasteiger partial charge is 0.199 e. The number of hydrogen-bond acceptors (Lipinski definition) is 4. The van der Waals surface area contributed by atoms with Gasteiger partial charge in [-0.25, -0.2) is 0 Å². The van der Waals surface area contributed by atoms with Crippen LogP contribution in [-0.2, 0) is 4.74 Å². The SMILES string of the molecule is CC(=NCCCOC(C)C)C1=C(O)c2ccccc2C1=O. The maximum atomic E-state index is 12.3. The summed E-state index contributed by atoms with van der Waals surface area (Å²) in [6, 6.07) is 7.08. The molecule has 1 N–H and O–H groups in total. The average Bonchev–Trinajstić information content (AvgIpc) is 2.71. The molecule has 4 heteroatoms. The second-order valence-electron chi connectivity index (χ2n) is 5.34. The highest BCUT2D eigenvalue weighted by Gasteiger charge is 2.30. The average molecular weight is 287 g/mol. The summed E-state index contributed by atoms with van der Waals surface area (Å²) in [5, 5.41) is 10.2. The Morgan fingerprint density at radius 1 is 1.29 bits per heavy atom. The van der Waals surface area contributed by atoms with Crippen LogP contribution in [0.3, 0.4) is 0 Å². The van der Waals surface area contributed by atoms with Gasteiger partial charge in [0.15, 0.2) is 5.78 Å². The highest BCUT2D eigenvalue weighted by molar-refractivity contribution is 6.35. The molecule has 1 aliphatic carbocycles. The second-order valence-corrected chi connectivity index (χ2v) is 5.34. The zero-order valence-corrected chi connectivity index (χ0v) is 12.7. The summed E-state index contributed by atoms with van der Waals surface area (Å²) in [5.74, 6) is -0.113. The number of aliphatic imine (C=N–C) groups is 1. The van der Waals surface area contributed by atoms with Gasteiger partial charge in [-0.2, -0.15) is 0 Å². The van der Waals surface area contributed by atoms with Crippen molar-refractivity contribution in [3.05, 3.63) is 41.0 Å². The molecule has 0 radical (unpaired) electrons. The Bertz CT molecular complexity index is 600. The molecule has 0 spiro atoms. The number of aliphatic hydroxyl groups is 1. The van der Waals surface area contributed by atoms with E-state index in [0.29, 0.717) is 35.6 Å². The predicted molar refractivity (Wildman–Crippen MR) is 84.0 cm³/mol. The van der Waals surface area contributed by atoms with E-state index in [1.165, 1.54) is 0 Å². The Morgan fingerprint density at radius 2 is 1.95 bits per heavy atom. The maximum Gasteiger partial charge on any atom is 0.199 e. The largest absolute Gasteiger partial charge is 0.506 e. The Kier molecular flexibility index (Phi) is 4.91. The second kappa shape index (κ2) is 6.68. The molecule has 0 bridgehead atoms. The van der Waals surface area contributed by atoms with Gasteiger partial charge < -0.3 is 9.84 Å². The summed E-state index contributed by atoms with van der Waals surface area (Å²) >= 11 is 0. The van der Waals surface area contributed by atoms with Crippen LogP contribution in [0.25, 0.3) is 5.76 Å². The zero-order chi connectivity index (χ0) is 15.4. The minimum Gasteiger partial charge on any atom is -0.506 e. The van der Waals surface area contributed by atoms with Gasteiger partial charge in [0.2, 0.25) is 0 Å². The Balaban J connectivity index is 2.05. The molecule has 1 aromatic rings. The number of aliphatic hydroxyl groups excluding tert-OH is 1. The molecule has 112 valence electrons. The summed E-state index contributed by atoms with van der Waals surface area (Å²) in [5.41, 5.74) is 2.04. The van der Waals surface area contributed by atoms with Crippen molar-refractivity contribution in [3.8, 4) is 0 Å². The van der Waals surface area contributed by atoms with Crippen molar-refractivity contribution in [2.24, 2.45) is 4.99 Å². The molecule has 0 atom stereocenters. The zero-order valence-electron chi connectivity index (χ0n) is 12.7. The van der Waals surface area contributed by atoms with Gasteiger partial charge in [0.05, 0.1) is 11.7 Å². The normalized spacial score (nSPS) is 15.0. The van der Waals surface area contributed by atoms with Crippen molar-refractivity contribution < 1.29 is 14.6 Å². The molecule has 0 fully saturated rings. The lowest BCUT2D eigenvalue weighted by Gasteiger charge is -2.06. The van der Waals surface area contributed by atoms with Gasteiger partial charge in [0.1, 0.15) is 5.76 Å². The third-order valence-corrected chi connectivity index (χ3v) is 3.36. The molecule has 0 heterocycles. The van der Waals surface area contributed by atoms with Crippen LogP contribution in [0.2, 0.25) is 0 Å². The van der Waals surface area contributed by atoms with Crippen LogP contribution >= 0.6 is 0 Å². The van der Waals surface area contributed by atoms with Crippen LogP contribution in [0.1, 0.15) is 43.1 Å². The van der Waals surface area contributed by atoms with Gasteiger partial charge in [-0.1, -0.05) is 24.3 Å². The fourth-order valence-corrected chi connectivity index (χ4v) is 2.31. The molecule has 0 saturated heterocycles. The van der Waals surface area contributed by atoms with E-state index in [0.717, 1.165) is 6.42 Å². The van der Waals surface area contributed by atoms with Crippen LogP contribution in [0, 0.1) is 0 Å². The van der Waals surface area contributed by atoms with Gasteiger partial charge in [0.25, 0.3) is 0 Å². The molecule has 0 amide bonds. The Hall–Kier alpha value is -1.94. The van der Waals surface area contributed by atoms with Crippen molar-refractivity contribution in [1.82, 2.24) is 0 Å². The highest BCUT2D eigenvalue weighted by Crippen LogP contribution is 2.31. The number of hydrogen-bond donors (Lipinski definition) is 1. The van der Waals surface area contributed by atoms with Crippen LogP contribution in [0.15, 0.2) is 34.8 Å².